The first-order valence-electron chi connectivity index (χ1n) is 13.2. The standard InChI is InChI=1S/C32H27ClN2O6/c1-19-6-8-23(9-7-19)32(40)41-25-16-12-21(13-17-25)27(36)18-34(29(37)22-10-14-24(33)15-11-22)35-30(38)26-5-3-4-20(2)28(26)31(35)39/h3-4,6-17,20,26,28H,5,18H2,1-2H3/t20-,26+,28-/m0/s1. The number of allylic oxidation sites excluding steroid dienone is 2. The van der Waals surface area contributed by atoms with E-state index in [0.29, 0.717) is 17.0 Å². The largest absolute Gasteiger partial charge is 0.423 e. The van der Waals surface area contributed by atoms with E-state index >= 15 is 0 Å². The molecule has 3 amide bonds. The number of nitrogens with zero attached hydrogens (tertiary/aromatic N) is 2. The Morgan fingerprint density at radius 2 is 1.49 bits per heavy atom. The maximum atomic E-state index is 13.6. The summed E-state index contributed by atoms with van der Waals surface area (Å²) in [6.07, 6.45) is 4.14. The third-order valence-electron chi connectivity index (χ3n) is 7.38. The lowest BCUT2D eigenvalue weighted by Gasteiger charge is -2.30. The van der Waals surface area contributed by atoms with Gasteiger partial charge < -0.3 is 4.74 Å². The molecule has 0 aromatic heterocycles. The highest BCUT2D eigenvalue weighted by Crippen LogP contribution is 2.39. The predicted molar refractivity (Wildman–Crippen MR) is 151 cm³/mol. The van der Waals surface area contributed by atoms with Crippen molar-refractivity contribution >= 4 is 41.1 Å². The number of benzene rings is 3. The number of amides is 3. The van der Waals surface area contributed by atoms with Crippen molar-refractivity contribution < 1.29 is 28.7 Å². The van der Waals surface area contributed by atoms with Crippen LogP contribution in [0.1, 0.15) is 50.0 Å². The number of hydrogen-bond acceptors (Lipinski definition) is 6. The minimum absolute atomic E-state index is 0.169. The molecule has 0 saturated carbocycles. The summed E-state index contributed by atoms with van der Waals surface area (Å²) >= 11 is 5.98. The second kappa shape index (κ2) is 11.5. The smallest absolute Gasteiger partial charge is 0.343 e. The maximum absolute atomic E-state index is 13.6. The maximum Gasteiger partial charge on any atom is 0.343 e. The summed E-state index contributed by atoms with van der Waals surface area (Å²) in [5.41, 5.74) is 1.77. The molecule has 208 valence electrons. The van der Waals surface area contributed by atoms with Crippen LogP contribution in [-0.4, -0.2) is 46.0 Å². The molecule has 3 atom stereocenters. The number of ether oxygens (including phenoxy) is 1. The molecule has 1 aliphatic heterocycles. The zero-order chi connectivity index (χ0) is 29.3. The molecule has 0 unspecified atom stereocenters. The van der Waals surface area contributed by atoms with E-state index in [2.05, 4.69) is 0 Å². The van der Waals surface area contributed by atoms with E-state index in [1.165, 1.54) is 48.5 Å². The number of hydrazine groups is 1. The molecule has 5 rings (SSSR count). The van der Waals surface area contributed by atoms with Crippen LogP contribution in [-0.2, 0) is 9.59 Å². The topological polar surface area (TPSA) is 101 Å². The number of fused-ring (bicyclic) bond motifs is 1. The Morgan fingerprint density at radius 3 is 2.12 bits per heavy atom. The molecule has 3 aromatic rings. The van der Waals surface area contributed by atoms with Gasteiger partial charge in [0.25, 0.3) is 17.7 Å². The monoisotopic (exact) mass is 570 g/mol. The van der Waals surface area contributed by atoms with Crippen molar-refractivity contribution in [1.82, 2.24) is 10.0 Å². The van der Waals surface area contributed by atoms with Crippen LogP contribution in [0, 0.1) is 24.7 Å². The fourth-order valence-corrected chi connectivity index (χ4v) is 5.26. The number of ketones is 1. The summed E-state index contributed by atoms with van der Waals surface area (Å²) in [7, 11) is 0. The van der Waals surface area contributed by atoms with Crippen LogP contribution >= 0.6 is 11.6 Å². The van der Waals surface area contributed by atoms with Crippen LogP contribution in [0.3, 0.4) is 0 Å². The first-order valence-corrected chi connectivity index (χ1v) is 13.6. The summed E-state index contributed by atoms with van der Waals surface area (Å²) in [5.74, 6) is -3.91. The number of imide groups is 1. The summed E-state index contributed by atoms with van der Waals surface area (Å²) in [5, 5.41) is 2.17. The Labute approximate surface area is 242 Å². The lowest BCUT2D eigenvalue weighted by atomic mass is 9.78. The lowest BCUT2D eigenvalue weighted by Crippen LogP contribution is -2.52. The quantitative estimate of drug-likeness (QED) is 0.126. The van der Waals surface area contributed by atoms with Gasteiger partial charge in [0.15, 0.2) is 5.78 Å². The summed E-state index contributed by atoms with van der Waals surface area (Å²) in [6, 6.07) is 18.8. The van der Waals surface area contributed by atoms with Crippen molar-refractivity contribution in [3.8, 4) is 5.75 Å². The van der Waals surface area contributed by atoms with Gasteiger partial charge in [0.2, 0.25) is 0 Å². The van der Waals surface area contributed by atoms with Gasteiger partial charge in [0.05, 0.1) is 17.4 Å². The summed E-state index contributed by atoms with van der Waals surface area (Å²) in [6.45, 7) is 3.21. The molecule has 1 fully saturated rings. The van der Waals surface area contributed by atoms with Crippen LogP contribution in [0.2, 0.25) is 5.02 Å². The van der Waals surface area contributed by atoms with Gasteiger partial charge in [0, 0.05) is 16.1 Å². The Kier molecular flexibility index (Phi) is 7.85. The first-order chi connectivity index (χ1) is 19.6. The molecule has 3 aromatic carbocycles. The second-order valence-electron chi connectivity index (χ2n) is 10.2. The second-order valence-corrected chi connectivity index (χ2v) is 10.7. The van der Waals surface area contributed by atoms with Crippen LogP contribution < -0.4 is 4.74 Å². The molecular weight excluding hydrogens is 544 g/mol. The average Bonchev–Trinajstić information content (AvgIpc) is 3.22. The number of carbonyl (C=O) groups excluding carboxylic acids is 5. The SMILES string of the molecule is Cc1ccc(C(=O)Oc2ccc(C(=O)CN(C(=O)c3ccc(Cl)cc3)N3C(=O)[C@H]4[C@@H](C)C=CC[C@H]4C3=O)cc2)cc1. The van der Waals surface area contributed by atoms with E-state index in [-0.39, 0.29) is 22.8 Å². The van der Waals surface area contributed by atoms with E-state index in [4.69, 9.17) is 16.3 Å². The molecule has 1 heterocycles. The van der Waals surface area contributed by atoms with Crippen molar-refractivity contribution in [2.24, 2.45) is 17.8 Å². The fourth-order valence-electron chi connectivity index (χ4n) is 5.14. The van der Waals surface area contributed by atoms with E-state index in [9.17, 15) is 24.0 Å². The lowest BCUT2D eigenvalue weighted by molar-refractivity contribution is -0.154. The summed E-state index contributed by atoms with van der Waals surface area (Å²) < 4.78 is 5.41. The molecule has 1 aliphatic carbocycles. The van der Waals surface area contributed by atoms with Gasteiger partial charge in [-0.1, -0.05) is 48.4 Å². The molecular formula is C32H27ClN2O6. The van der Waals surface area contributed by atoms with Gasteiger partial charge in [-0.05, 0) is 79.9 Å². The number of aryl methyl sites for hydroxylation is 1. The Balaban J connectivity index is 1.38. The van der Waals surface area contributed by atoms with Crippen molar-refractivity contribution in [3.63, 3.8) is 0 Å². The first kappa shape index (κ1) is 28.0. The van der Waals surface area contributed by atoms with E-state index in [1.807, 2.05) is 26.0 Å². The molecule has 1 saturated heterocycles. The van der Waals surface area contributed by atoms with Crippen molar-refractivity contribution in [1.29, 1.82) is 0 Å². The fraction of sp³-hybridized carbons (Fsp3) is 0.219. The molecule has 8 nitrogen and oxygen atoms in total. The van der Waals surface area contributed by atoms with Crippen LogP contribution in [0.5, 0.6) is 5.75 Å². The molecule has 0 bridgehead atoms. The Hall–Kier alpha value is -4.56. The molecule has 0 spiro atoms. The van der Waals surface area contributed by atoms with Gasteiger partial charge in [-0.25, -0.2) is 9.80 Å². The van der Waals surface area contributed by atoms with Crippen LogP contribution in [0.25, 0.3) is 0 Å². The van der Waals surface area contributed by atoms with Gasteiger partial charge in [-0.2, -0.15) is 5.01 Å². The minimum atomic E-state index is -0.681. The number of Topliss-reactive ketones (excluding diaryl/α,β-unsaturated/α-hetero) is 1. The Bertz CT molecular complexity index is 1550. The van der Waals surface area contributed by atoms with Gasteiger partial charge in [0.1, 0.15) is 12.3 Å². The number of rotatable bonds is 7. The number of halogens is 1. The molecule has 0 N–H and O–H groups in total. The third-order valence-corrected chi connectivity index (χ3v) is 7.64. The zero-order valence-corrected chi connectivity index (χ0v) is 23.2. The molecule has 41 heavy (non-hydrogen) atoms. The normalized spacial score (nSPS) is 19.6. The highest BCUT2D eigenvalue weighted by molar-refractivity contribution is 6.30. The molecule has 2 aliphatic rings. The predicted octanol–water partition coefficient (Wildman–Crippen LogP) is 5.30. The van der Waals surface area contributed by atoms with Crippen LogP contribution in [0.4, 0.5) is 0 Å². The van der Waals surface area contributed by atoms with E-state index in [1.54, 1.807) is 24.3 Å². The van der Waals surface area contributed by atoms with Gasteiger partial charge in [-0.15, -0.1) is 0 Å². The minimum Gasteiger partial charge on any atom is -0.423 e. The average molecular weight is 571 g/mol. The van der Waals surface area contributed by atoms with Crippen LogP contribution in [0.15, 0.2) is 84.9 Å². The summed E-state index contributed by atoms with van der Waals surface area (Å²) in [4.78, 5) is 66.4. The highest BCUT2D eigenvalue weighted by Gasteiger charge is 2.53. The van der Waals surface area contributed by atoms with Crippen molar-refractivity contribution in [3.05, 3.63) is 112 Å². The number of hydrogen-bond donors (Lipinski definition) is 0. The zero-order valence-electron chi connectivity index (χ0n) is 22.5. The number of esters is 1. The Morgan fingerprint density at radius 1 is 0.878 bits per heavy atom. The van der Waals surface area contributed by atoms with Crippen molar-refractivity contribution in [2.45, 2.75) is 20.3 Å². The van der Waals surface area contributed by atoms with E-state index in [0.717, 1.165) is 15.6 Å². The molecule has 0 radical (unpaired) electrons. The van der Waals surface area contributed by atoms with Crippen molar-refractivity contribution in [2.75, 3.05) is 6.54 Å². The molecule has 9 heteroatoms. The number of carbonyl (C=O) groups is 5. The third kappa shape index (κ3) is 5.69. The highest BCUT2D eigenvalue weighted by atomic mass is 35.5. The van der Waals surface area contributed by atoms with Gasteiger partial charge in [-0.3, -0.25) is 19.2 Å². The van der Waals surface area contributed by atoms with Gasteiger partial charge >= 0.3 is 5.97 Å². The van der Waals surface area contributed by atoms with E-state index < -0.39 is 47.9 Å².